The molecule has 2 bridgehead atoms. The number of hydrogen-bond donors (Lipinski definition) is 3. The Morgan fingerprint density at radius 1 is 1.21 bits per heavy atom. The highest BCUT2D eigenvalue weighted by molar-refractivity contribution is 5.91. The lowest BCUT2D eigenvalue weighted by Gasteiger charge is -2.36. The van der Waals surface area contributed by atoms with Crippen molar-refractivity contribution in [1.29, 1.82) is 0 Å². The quantitative estimate of drug-likeness (QED) is 0.676. The predicted octanol–water partition coefficient (Wildman–Crippen LogP) is 2.33. The van der Waals surface area contributed by atoms with Gasteiger partial charge in [0.1, 0.15) is 5.75 Å². The summed E-state index contributed by atoms with van der Waals surface area (Å²) in [6.07, 6.45) is 7.90. The SMILES string of the molecule is CNC(=O)/C=C/c1ccc(-c2ccc(N(C)C3CC4CC[C@H](C3)N4)nn2)c(O)c1. The van der Waals surface area contributed by atoms with E-state index in [1.54, 1.807) is 25.3 Å². The molecule has 2 aliphatic rings. The van der Waals surface area contributed by atoms with Crippen LogP contribution >= 0.6 is 0 Å². The summed E-state index contributed by atoms with van der Waals surface area (Å²) in [5, 5.41) is 25.3. The molecule has 2 aromatic rings. The third-order valence-corrected chi connectivity index (χ3v) is 5.98. The van der Waals surface area contributed by atoms with Gasteiger partial charge in [-0.15, -0.1) is 10.2 Å². The third-order valence-electron chi connectivity index (χ3n) is 5.98. The van der Waals surface area contributed by atoms with Gasteiger partial charge in [0.05, 0.1) is 5.69 Å². The van der Waals surface area contributed by atoms with Crippen molar-refractivity contribution in [2.45, 2.75) is 43.8 Å². The van der Waals surface area contributed by atoms with Crippen molar-refractivity contribution in [3.8, 4) is 17.0 Å². The van der Waals surface area contributed by atoms with Gasteiger partial charge in [-0.05, 0) is 61.6 Å². The molecule has 2 saturated heterocycles. The fourth-order valence-electron chi connectivity index (χ4n) is 4.31. The fourth-order valence-corrected chi connectivity index (χ4v) is 4.31. The molecule has 2 unspecified atom stereocenters. The highest BCUT2D eigenvalue weighted by Crippen LogP contribution is 2.32. The number of nitrogens with one attached hydrogen (secondary N) is 2. The maximum atomic E-state index is 11.3. The number of hydrogen-bond acceptors (Lipinski definition) is 6. The number of nitrogens with zero attached hydrogens (tertiary/aromatic N) is 3. The lowest BCUT2D eigenvalue weighted by Crippen LogP contribution is -2.47. The summed E-state index contributed by atoms with van der Waals surface area (Å²) in [7, 11) is 3.66. The number of piperidine rings is 1. The molecule has 3 heterocycles. The van der Waals surface area contributed by atoms with Gasteiger partial charge in [-0.1, -0.05) is 6.07 Å². The zero-order chi connectivity index (χ0) is 20.4. The van der Waals surface area contributed by atoms with Gasteiger partial charge < -0.3 is 20.6 Å². The van der Waals surface area contributed by atoms with Gasteiger partial charge in [0.25, 0.3) is 0 Å². The maximum absolute atomic E-state index is 11.3. The van der Waals surface area contributed by atoms with Crippen molar-refractivity contribution in [1.82, 2.24) is 20.8 Å². The van der Waals surface area contributed by atoms with Crippen molar-refractivity contribution >= 4 is 17.8 Å². The lowest BCUT2D eigenvalue weighted by molar-refractivity contribution is -0.115. The summed E-state index contributed by atoms with van der Waals surface area (Å²) in [4.78, 5) is 13.5. The second-order valence-electron chi connectivity index (χ2n) is 7.87. The standard InChI is InChI=1S/C22H27N5O2/c1-23-22(29)10-4-14-3-7-18(20(28)11-14)19-8-9-21(26-25-19)27(2)17-12-15-5-6-16(13-17)24-15/h3-4,7-11,15-17,24,28H,5-6,12-13H2,1-2H3,(H,23,29)/b10-4+/t15-,16?,17?/m1/s1. The summed E-state index contributed by atoms with van der Waals surface area (Å²) in [6.45, 7) is 0. The van der Waals surface area contributed by atoms with Gasteiger partial charge in [0.2, 0.25) is 5.91 Å². The Balaban J connectivity index is 1.47. The number of phenolic OH excluding ortho intramolecular Hbond substituents is 1. The van der Waals surface area contributed by atoms with E-state index in [0.717, 1.165) is 24.2 Å². The van der Waals surface area contributed by atoms with Crippen LogP contribution in [0.4, 0.5) is 5.82 Å². The number of rotatable bonds is 5. The van der Waals surface area contributed by atoms with E-state index in [4.69, 9.17) is 0 Å². The van der Waals surface area contributed by atoms with Crippen molar-refractivity contribution in [2.24, 2.45) is 0 Å². The van der Waals surface area contributed by atoms with Crippen LogP contribution < -0.4 is 15.5 Å². The number of aromatic hydroxyl groups is 1. The van der Waals surface area contributed by atoms with Crippen LogP contribution in [-0.4, -0.2) is 53.4 Å². The van der Waals surface area contributed by atoms with Gasteiger partial charge >= 0.3 is 0 Å². The number of carbonyl (C=O) groups excluding carboxylic acids is 1. The number of carbonyl (C=O) groups is 1. The van der Waals surface area contributed by atoms with E-state index >= 15 is 0 Å². The van der Waals surface area contributed by atoms with Gasteiger partial charge in [0.15, 0.2) is 5.82 Å². The topological polar surface area (TPSA) is 90.4 Å². The monoisotopic (exact) mass is 393 g/mol. The maximum Gasteiger partial charge on any atom is 0.243 e. The minimum absolute atomic E-state index is 0.106. The molecule has 7 nitrogen and oxygen atoms in total. The van der Waals surface area contributed by atoms with Crippen LogP contribution in [0.1, 0.15) is 31.2 Å². The number of fused-ring (bicyclic) bond motifs is 2. The average Bonchev–Trinajstić information content (AvgIpc) is 3.09. The molecule has 2 aliphatic heterocycles. The second-order valence-corrected chi connectivity index (χ2v) is 7.87. The van der Waals surface area contributed by atoms with E-state index < -0.39 is 0 Å². The molecule has 0 radical (unpaired) electrons. The zero-order valence-electron chi connectivity index (χ0n) is 16.8. The van der Waals surface area contributed by atoms with Crippen LogP contribution in [-0.2, 0) is 4.79 Å². The molecule has 1 aromatic carbocycles. The first kappa shape index (κ1) is 19.4. The number of phenols is 1. The number of likely N-dealkylation sites (N-methyl/N-ethyl adjacent to an activating group) is 1. The second kappa shape index (κ2) is 8.21. The van der Waals surface area contributed by atoms with Crippen molar-refractivity contribution < 1.29 is 9.90 Å². The first-order valence-corrected chi connectivity index (χ1v) is 10.1. The molecule has 152 valence electrons. The Bertz CT molecular complexity index is 900. The van der Waals surface area contributed by atoms with Crippen LogP contribution in [0.5, 0.6) is 5.75 Å². The van der Waals surface area contributed by atoms with Crippen LogP contribution in [0, 0.1) is 0 Å². The minimum Gasteiger partial charge on any atom is -0.507 e. The summed E-state index contributed by atoms with van der Waals surface area (Å²) in [6, 6.07) is 10.8. The average molecular weight is 393 g/mol. The van der Waals surface area contributed by atoms with Gasteiger partial charge in [-0.25, -0.2) is 0 Å². The van der Waals surface area contributed by atoms with Crippen molar-refractivity contribution in [3.05, 3.63) is 42.0 Å². The summed E-state index contributed by atoms with van der Waals surface area (Å²) in [5.41, 5.74) is 1.97. The Hall–Kier alpha value is -2.93. The minimum atomic E-state index is -0.194. The Labute approximate surface area is 170 Å². The fraction of sp³-hybridized carbons (Fsp3) is 0.409. The molecule has 3 N–H and O–H groups in total. The molecule has 7 heteroatoms. The van der Waals surface area contributed by atoms with Gasteiger partial charge in [0, 0.05) is 43.9 Å². The normalized spacial score (nSPS) is 23.3. The summed E-state index contributed by atoms with van der Waals surface area (Å²) >= 11 is 0. The molecule has 1 amide bonds. The van der Waals surface area contributed by atoms with E-state index in [2.05, 4.69) is 32.8 Å². The molecular weight excluding hydrogens is 366 g/mol. The molecule has 2 fully saturated rings. The smallest absolute Gasteiger partial charge is 0.243 e. The molecule has 0 spiro atoms. The summed E-state index contributed by atoms with van der Waals surface area (Å²) < 4.78 is 0. The van der Waals surface area contributed by atoms with E-state index in [-0.39, 0.29) is 11.7 Å². The lowest BCUT2D eigenvalue weighted by atomic mass is 9.98. The van der Waals surface area contributed by atoms with E-state index in [0.29, 0.717) is 29.4 Å². The van der Waals surface area contributed by atoms with E-state index in [1.165, 1.54) is 18.9 Å². The van der Waals surface area contributed by atoms with Gasteiger partial charge in [-0.2, -0.15) is 0 Å². The number of aromatic nitrogens is 2. The Kier molecular flexibility index (Phi) is 5.49. The van der Waals surface area contributed by atoms with Crippen molar-refractivity contribution in [2.75, 3.05) is 19.0 Å². The molecule has 0 saturated carbocycles. The molecule has 3 atom stereocenters. The molecule has 0 aliphatic carbocycles. The number of anilines is 1. The Morgan fingerprint density at radius 2 is 1.97 bits per heavy atom. The third kappa shape index (κ3) is 4.24. The highest BCUT2D eigenvalue weighted by Gasteiger charge is 2.35. The van der Waals surface area contributed by atoms with Crippen molar-refractivity contribution in [3.63, 3.8) is 0 Å². The predicted molar refractivity (Wildman–Crippen MR) is 114 cm³/mol. The van der Waals surface area contributed by atoms with E-state index in [9.17, 15) is 9.90 Å². The van der Waals surface area contributed by atoms with Crippen LogP contribution in [0.25, 0.3) is 17.3 Å². The molecule has 29 heavy (non-hydrogen) atoms. The van der Waals surface area contributed by atoms with Crippen LogP contribution in [0.3, 0.4) is 0 Å². The largest absolute Gasteiger partial charge is 0.507 e. The first-order chi connectivity index (χ1) is 14.0. The summed E-state index contributed by atoms with van der Waals surface area (Å²) in [5.74, 6) is 0.764. The van der Waals surface area contributed by atoms with Crippen LogP contribution in [0.2, 0.25) is 0 Å². The zero-order valence-corrected chi connectivity index (χ0v) is 16.8. The number of benzene rings is 1. The highest BCUT2D eigenvalue weighted by atomic mass is 16.3. The molecule has 1 aromatic heterocycles. The Morgan fingerprint density at radius 3 is 2.59 bits per heavy atom. The van der Waals surface area contributed by atoms with E-state index in [1.807, 2.05) is 18.2 Å². The number of amides is 1. The molecular formula is C22H27N5O2. The van der Waals surface area contributed by atoms with Gasteiger partial charge in [-0.3, -0.25) is 4.79 Å². The first-order valence-electron chi connectivity index (χ1n) is 10.1. The molecule has 4 rings (SSSR count). The van der Waals surface area contributed by atoms with Crippen LogP contribution in [0.15, 0.2) is 36.4 Å².